The van der Waals surface area contributed by atoms with Crippen LogP contribution in [0, 0.1) is 6.92 Å². The molecule has 0 unspecified atom stereocenters. The molecule has 0 spiro atoms. The second-order valence-electron chi connectivity index (χ2n) is 7.42. The summed E-state index contributed by atoms with van der Waals surface area (Å²) in [6.45, 7) is 6.07. The van der Waals surface area contributed by atoms with Crippen molar-refractivity contribution in [2.24, 2.45) is 0 Å². The number of hydrogen-bond donors (Lipinski definition) is 0. The molecule has 4 rings (SSSR count). The zero-order valence-corrected chi connectivity index (χ0v) is 17.4. The van der Waals surface area contributed by atoms with Crippen LogP contribution in [0.1, 0.15) is 5.56 Å². The van der Waals surface area contributed by atoms with Crippen molar-refractivity contribution in [3.05, 3.63) is 72.3 Å². The fourth-order valence-corrected chi connectivity index (χ4v) is 3.88. The third kappa shape index (κ3) is 4.16. The molecular formula is C25H28N2O2. The van der Waals surface area contributed by atoms with Crippen molar-refractivity contribution < 1.29 is 9.47 Å². The van der Waals surface area contributed by atoms with Crippen molar-refractivity contribution in [2.45, 2.75) is 6.92 Å². The number of rotatable bonds is 5. The fourth-order valence-electron chi connectivity index (χ4n) is 3.88. The van der Waals surface area contributed by atoms with Gasteiger partial charge in [-0.1, -0.05) is 29.8 Å². The largest absolute Gasteiger partial charge is 0.497 e. The van der Waals surface area contributed by atoms with E-state index in [0.29, 0.717) is 0 Å². The minimum Gasteiger partial charge on any atom is -0.497 e. The van der Waals surface area contributed by atoms with Crippen molar-refractivity contribution in [1.29, 1.82) is 0 Å². The average molecular weight is 389 g/mol. The molecule has 0 N–H and O–H groups in total. The highest BCUT2D eigenvalue weighted by molar-refractivity contribution is 5.80. The third-order valence-corrected chi connectivity index (χ3v) is 5.62. The molecule has 0 atom stereocenters. The summed E-state index contributed by atoms with van der Waals surface area (Å²) in [7, 11) is 3.43. The molecule has 0 aromatic heterocycles. The quantitative estimate of drug-likeness (QED) is 0.614. The molecule has 1 aliphatic rings. The molecule has 1 heterocycles. The molecule has 4 heteroatoms. The van der Waals surface area contributed by atoms with Crippen LogP contribution in [0.15, 0.2) is 66.7 Å². The van der Waals surface area contributed by atoms with E-state index in [4.69, 9.17) is 9.47 Å². The smallest absolute Gasteiger partial charge is 0.119 e. The van der Waals surface area contributed by atoms with Gasteiger partial charge in [-0.15, -0.1) is 0 Å². The predicted molar refractivity (Wildman–Crippen MR) is 121 cm³/mol. The first kappa shape index (κ1) is 19.2. The van der Waals surface area contributed by atoms with Gasteiger partial charge >= 0.3 is 0 Å². The van der Waals surface area contributed by atoms with E-state index in [-0.39, 0.29) is 0 Å². The molecule has 3 aromatic carbocycles. The first-order valence-corrected chi connectivity index (χ1v) is 10.1. The maximum atomic E-state index is 5.50. The number of anilines is 2. The minimum atomic E-state index is 0.890. The van der Waals surface area contributed by atoms with Crippen LogP contribution in [-0.4, -0.2) is 40.4 Å². The van der Waals surface area contributed by atoms with Gasteiger partial charge in [0, 0.05) is 43.1 Å². The van der Waals surface area contributed by atoms with Crippen molar-refractivity contribution in [2.75, 3.05) is 50.2 Å². The Morgan fingerprint density at radius 2 is 1.24 bits per heavy atom. The van der Waals surface area contributed by atoms with Gasteiger partial charge in [0.15, 0.2) is 0 Å². The highest BCUT2D eigenvalue weighted by atomic mass is 16.5. The van der Waals surface area contributed by atoms with Crippen LogP contribution in [0.3, 0.4) is 0 Å². The Bertz CT molecular complexity index is 944. The zero-order valence-electron chi connectivity index (χ0n) is 17.4. The molecule has 150 valence electrons. The number of piperazine rings is 1. The van der Waals surface area contributed by atoms with E-state index in [1.165, 1.54) is 28.1 Å². The molecule has 1 fully saturated rings. The number of benzene rings is 3. The van der Waals surface area contributed by atoms with E-state index in [0.717, 1.165) is 37.7 Å². The van der Waals surface area contributed by atoms with Crippen LogP contribution in [0.5, 0.6) is 11.5 Å². The Hall–Kier alpha value is -3.14. The number of hydrogen-bond acceptors (Lipinski definition) is 4. The van der Waals surface area contributed by atoms with Gasteiger partial charge in [-0.3, -0.25) is 0 Å². The van der Waals surface area contributed by atoms with Crippen molar-refractivity contribution in [3.8, 4) is 22.6 Å². The van der Waals surface area contributed by atoms with Gasteiger partial charge in [-0.05, 0) is 55.0 Å². The second kappa shape index (κ2) is 8.48. The summed E-state index contributed by atoms with van der Waals surface area (Å²) in [5, 5.41) is 0. The maximum absolute atomic E-state index is 5.50. The highest BCUT2D eigenvalue weighted by Gasteiger charge is 2.20. The highest BCUT2D eigenvalue weighted by Crippen LogP contribution is 2.35. The molecule has 3 aromatic rings. The first-order chi connectivity index (χ1) is 14.2. The number of methoxy groups -OCH3 is 2. The Morgan fingerprint density at radius 1 is 0.655 bits per heavy atom. The van der Waals surface area contributed by atoms with Crippen LogP contribution < -0.4 is 19.3 Å². The second-order valence-corrected chi connectivity index (χ2v) is 7.42. The summed E-state index contributed by atoms with van der Waals surface area (Å²) < 4.78 is 10.8. The third-order valence-electron chi connectivity index (χ3n) is 5.62. The molecule has 0 saturated carbocycles. The van der Waals surface area contributed by atoms with Crippen molar-refractivity contribution >= 4 is 11.4 Å². The van der Waals surface area contributed by atoms with Crippen LogP contribution in [0.25, 0.3) is 11.1 Å². The molecule has 0 aliphatic carbocycles. The lowest BCUT2D eigenvalue weighted by atomic mass is 10.0. The topological polar surface area (TPSA) is 24.9 Å². The maximum Gasteiger partial charge on any atom is 0.119 e. The van der Waals surface area contributed by atoms with Gasteiger partial charge < -0.3 is 19.3 Å². The lowest BCUT2D eigenvalue weighted by molar-refractivity contribution is 0.414. The van der Waals surface area contributed by atoms with Crippen molar-refractivity contribution in [1.82, 2.24) is 0 Å². The number of ether oxygens (including phenoxy) is 2. The Balaban J connectivity index is 1.55. The van der Waals surface area contributed by atoms with Gasteiger partial charge in [-0.25, -0.2) is 0 Å². The van der Waals surface area contributed by atoms with Gasteiger partial charge in [-0.2, -0.15) is 0 Å². The van der Waals surface area contributed by atoms with E-state index < -0.39 is 0 Å². The van der Waals surface area contributed by atoms with Crippen LogP contribution in [0.4, 0.5) is 11.4 Å². The first-order valence-electron chi connectivity index (χ1n) is 10.1. The molecule has 1 saturated heterocycles. The Kier molecular flexibility index (Phi) is 5.61. The van der Waals surface area contributed by atoms with Gasteiger partial charge in [0.05, 0.1) is 14.2 Å². The molecule has 1 aliphatic heterocycles. The summed E-state index contributed by atoms with van der Waals surface area (Å²) in [5.74, 6) is 1.79. The molecule has 4 nitrogen and oxygen atoms in total. The van der Waals surface area contributed by atoms with E-state index in [9.17, 15) is 0 Å². The average Bonchev–Trinajstić information content (AvgIpc) is 2.79. The SMILES string of the molecule is COc1ccc(N2CCN(c3ccc(OC)cc3-c3ccc(C)cc3)CC2)cc1. The van der Waals surface area contributed by atoms with E-state index in [1.807, 2.05) is 12.1 Å². The summed E-state index contributed by atoms with van der Waals surface area (Å²) in [6.07, 6.45) is 0. The van der Waals surface area contributed by atoms with E-state index in [2.05, 4.69) is 71.3 Å². The lowest BCUT2D eigenvalue weighted by Crippen LogP contribution is -2.46. The Labute approximate surface area is 173 Å². The van der Waals surface area contributed by atoms with E-state index in [1.54, 1.807) is 14.2 Å². The van der Waals surface area contributed by atoms with Gasteiger partial charge in [0.2, 0.25) is 0 Å². The minimum absolute atomic E-state index is 0.890. The molecule has 0 radical (unpaired) electrons. The standard InChI is InChI=1S/C25H28N2O2/c1-19-4-6-20(7-5-19)24-18-23(29-3)12-13-25(24)27-16-14-26(15-17-27)21-8-10-22(28-2)11-9-21/h4-13,18H,14-17H2,1-3H3. The summed E-state index contributed by atoms with van der Waals surface area (Å²) >= 11 is 0. The molecule has 29 heavy (non-hydrogen) atoms. The van der Waals surface area contributed by atoms with Gasteiger partial charge in [0.25, 0.3) is 0 Å². The molecular weight excluding hydrogens is 360 g/mol. The van der Waals surface area contributed by atoms with Crippen LogP contribution in [-0.2, 0) is 0 Å². The van der Waals surface area contributed by atoms with Crippen molar-refractivity contribution in [3.63, 3.8) is 0 Å². The fraction of sp³-hybridized carbons (Fsp3) is 0.280. The summed E-state index contributed by atoms with van der Waals surface area (Å²) in [6, 6.07) is 23.5. The number of nitrogens with zero attached hydrogens (tertiary/aromatic N) is 2. The monoisotopic (exact) mass is 388 g/mol. The summed E-state index contributed by atoms with van der Waals surface area (Å²) in [5.41, 5.74) is 6.23. The Morgan fingerprint density at radius 3 is 1.86 bits per heavy atom. The molecule has 0 bridgehead atoms. The summed E-state index contributed by atoms with van der Waals surface area (Å²) in [4.78, 5) is 4.92. The molecule has 0 amide bonds. The van der Waals surface area contributed by atoms with E-state index >= 15 is 0 Å². The number of aryl methyl sites for hydroxylation is 1. The van der Waals surface area contributed by atoms with Crippen LogP contribution >= 0.6 is 0 Å². The normalized spacial score (nSPS) is 14.0. The zero-order chi connectivity index (χ0) is 20.2. The predicted octanol–water partition coefficient (Wildman–Crippen LogP) is 5.01. The van der Waals surface area contributed by atoms with Crippen LogP contribution in [0.2, 0.25) is 0 Å². The van der Waals surface area contributed by atoms with Gasteiger partial charge in [0.1, 0.15) is 11.5 Å². The lowest BCUT2D eigenvalue weighted by Gasteiger charge is -2.38.